The standard InChI is InChI=1S/C20H35N7/c21-10-9-17-8-7-15-27(16-17)20-23-18(25-11-3-1-4-12-25)22-19(24-20)26-13-5-2-6-14-26/h17H,1-16,21H2. The third kappa shape index (κ3) is 4.62. The minimum absolute atomic E-state index is 0.664. The Morgan fingerprint density at radius 1 is 0.667 bits per heavy atom. The Bertz CT molecular complexity index is 558. The summed E-state index contributed by atoms with van der Waals surface area (Å²) in [5.74, 6) is 3.33. The van der Waals surface area contributed by atoms with E-state index in [0.29, 0.717) is 5.92 Å². The van der Waals surface area contributed by atoms with E-state index in [1.54, 1.807) is 0 Å². The van der Waals surface area contributed by atoms with Gasteiger partial charge in [-0.15, -0.1) is 0 Å². The third-order valence-corrected chi connectivity index (χ3v) is 6.25. The number of piperidine rings is 3. The Morgan fingerprint density at radius 3 is 1.67 bits per heavy atom. The molecule has 0 amide bonds. The lowest BCUT2D eigenvalue weighted by Crippen LogP contribution is -2.39. The lowest BCUT2D eigenvalue weighted by atomic mass is 9.95. The average Bonchev–Trinajstić information content (AvgIpc) is 2.75. The van der Waals surface area contributed by atoms with Gasteiger partial charge in [0, 0.05) is 39.3 Å². The van der Waals surface area contributed by atoms with Crippen molar-refractivity contribution in [2.24, 2.45) is 11.7 Å². The van der Waals surface area contributed by atoms with Gasteiger partial charge in [0.2, 0.25) is 17.8 Å². The zero-order valence-electron chi connectivity index (χ0n) is 16.7. The van der Waals surface area contributed by atoms with Crippen molar-refractivity contribution in [1.82, 2.24) is 15.0 Å². The lowest BCUT2D eigenvalue weighted by Gasteiger charge is -2.35. The number of rotatable bonds is 5. The maximum absolute atomic E-state index is 5.81. The van der Waals surface area contributed by atoms with Crippen LogP contribution in [0.25, 0.3) is 0 Å². The van der Waals surface area contributed by atoms with Gasteiger partial charge in [-0.2, -0.15) is 15.0 Å². The van der Waals surface area contributed by atoms with Gasteiger partial charge in [0.25, 0.3) is 0 Å². The second-order valence-electron chi connectivity index (χ2n) is 8.36. The molecular formula is C20H35N7. The van der Waals surface area contributed by atoms with Crippen molar-refractivity contribution in [3.63, 3.8) is 0 Å². The number of nitrogens with two attached hydrogens (primary N) is 1. The van der Waals surface area contributed by atoms with Gasteiger partial charge in [0.15, 0.2) is 0 Å². The smallest absolute Gasteiger partial charge is 0.231 e. The van der Waals surface area contributed by atoms with Crippen LogP contribution >= 0.6 is 0 Å². The zero-order chi connectivity index (χ0) is 18.5. The Morgan fingerprint density at radius 2 is 1.15 bits per heavy atom. The molecule has 4 rings (SSSR count). The van der Waals surface area contributed by atoms with Gasteiger partial charge >= 0.3 is 0 Å². The molecule has 3 fully saturated rings. The molecule has 150 valence electrons. The number of nitrogens with zero attached hydrogens (tertiary/aromatic N) is 6. The first-order chi connectivity index (χ1) is 13.3. The van der Waals surface area contributed by atoms with Gasteiger partial charge in [-0.3, -0.25) is 0 Å². The van der Waals surface area contributed by atoms with Crippen LogP contribution in [-0.4, -0.2) is 60.8 Å². The van der Waals surface area contributed by atoms with Crippen LogP contribution in [0.5, 0.6) is 0 Å². The molecule has 0 radical (unpaired) electrons. The van der Waals surface area contributed by atoms with E-state index in [2.05, 4.69) is 14.7 Å². The van der Waals surface area contributed by atoms with Crippen LogP contribution in [0.15, 0.2) is 0 Å². The molecule has 3 aliphatic rings. The summed E-state index contributed by atoms with van der Waals surface area (Å²) in [5, 5.41) is 0. The van der Waals surface area contributed by atoms with Gasteiger partial charge in [0.1, 0.15) is 0 Å². The molecule has 7 nitrogen and oxygen atoms in total. The molecule has 0 bridgehead atoms. The van der Waals surface area contributed by atoms with E-state index >= 15 is 0 Å². The highest BCUT2D eigenvalue weighted by Crippen LogP contribution is 2.27. The number of hydrogen-bond donors (Lipinski definition) is 1. The second kappa shape index (κ2) is 9.04. The summed E-state index contributed by atoms with van der Waals surface area (Å²) < 4.78 is 0. The van der Waals surface area contributed by atoms with Gasteiger partial charge < -0.3 is 20.4 Å². The van der Waals surface area contributed by atoms with E-state index in [-0.39, 0.29) is 0 Å². The van der Waals surface area contributed by atoms with Gasteiger partial charge in [-0.05, 0) is 70.3 Å². The summed E-state index contributed by atoms with van der Waals surface area (Å²) in [6.45, 7) is 7.12. The van der Waals surface area contributed by atoms with Crippen molar-refractivity contribution in [2.75, 3.05) is 60.5 Å². The maximum atomic E-state index is 5.81. The minimum atomic E-state index is 0.664. The topological polar surface area (TPSA) is 74.4 Å². The lowest BCUT2D eigenvalue weighted by molar-refractivity contribution is 0.392. The molecule has 0 spiro atoms. The highest BCUT2D eigenvalue weighted by molar-refractivity contribution is 5.47. The molecule has 27 heavy (non-hydrogen) atoms. The van der Waals surface area contributed by atoms with Gasteiger partial charge in [-0.25, -0.2) is 0 Å². The third-order valence-electron chi connectivity index (χ3n) is 6.25. The quantitative estimate of drug-likeness (QED) is 0.849. The number of hydrogen-bond acceptors (Lipinski definition) is 7. The molecule has 1 aromatic rings. The van der Waals surface area contributed by atoms with Crippen molar-refractivity contribution < 1.29 is 0 Å². The molecule has 0 aliphatic carbocycles. The molecule has 0 saturated carbocycles. The normalized spacial score (nSPS) is 24.3. The summed E-state index contributed by atoms with van der Waals surface area (Å²) >= 11 is 0. The molecule has 4 heterocycles. The minimum Gasteiger partial charge on any atom is -0.341 e. The predicted molar refractivity (Wildman–Crippen MR) is 111 cm³/mol. The van der Waals surface area contributed by atoms with Crippen LogP contribution in [0.4, 0.5) is 17.8 Å². The summed E-state index contributed by atoms with van der Waals surface area (Å²) in [6.07, 6.45) is 11.2. The summed E-state index contributed by atoms with van der Waals surface area (Å²) in [7, 11) is 0. The first-order valence-corrected chi connectivity index (χ1v) is 11.0. The number of aromatic nitrogens is 3. The SMILES string of the molecule is NCCC1CCCN(c2nc(N3CCCCC3)nc(N3CCCCC3)n2)C1. The van der Waals surface area contributed by atoms with Crippen LogP contribution in [0, 0.1) is 5.92 Å². The fourth-order valence-electron chi connectivity index (χ4n) is 4.67. The largest absolute Gasteiger partial charge is 0.341 e. The molecule has 1 atom stereocenters. The van der Waals surface area contributed by atoms with Gasteiger partial charge in [0.05, 0.1) is 0 Å². The molecule has 3 saturated heterocycles. The molecule has 7 heteroatoms. The summed E-state index contributed by atoms with van der Waals surface area (Å²) in [6, 6.07) is 0. The van der Waals surface area contributed by atoms with Crippen LogP contribution in [0.2, 0.25) is 0 Å². The van der Waals surface area contributed by atoms with E-state index in [1.165, 1.54) is 51.4 Å². The van der Waals surface area contributed by atoms with E-state index in [4.69, 9.17) is 20.7 Å². The first kappa shape index (κ1) is 18.7. The average molecular weight is 374 g/mol. The summed E-state index contributed by atoms with van der Waals surface area (Å²) in [4.78, 5) is 21.9. The van der Waals surface area contributed by atoms with Crippen molar-refractivity contribution in [3.8, 4) is 0 Å². The van der Waals surface area contributed by atoms with Crippen molar-refractivity contribution >= 4 is 17.8 Å². The molecule has 0 aromatic carbocycles. The maximum Gasteiger partial charge on any atom is 0.231 e. The Labute approximate surface area is 163 Å². The Balaban J connectivity index is 1.60. The zero-order valence-corrected chi connectivity index (χ0v) is 16.7. The van der Waals surface area contributed by atoms with Crippen LogP contribution < -0.4 is 20.4 Å². The van der Waals surface area contributed by atoms with E-state index in [1.807, 2.05) is 0 Å². The highest BCUT2D eigenvalue weighted by atomic mass is 15.4. The second-order valence-corrected chi connectivity index (χ2v) is 8.36. The van der Waals surface area contributed by atoms with Crippen LogP contribution in [-0.2, 0) is 0 Å². The molecule has 1 aromatic heterocycles. The Kier molecular flexibility index (Phi) is 6.27. The van der Waals surface area contributed by atoms with E-state index in [0.717, 1.165) is 70.1 Å². The van der Waals surface area contributed by atoms with Gasteiger partial charge in [-0.1, -0.05) is 0 Å². The van der Waals surface area contributed by atoms with Crippen LogP contribution in [0.3, 0.4) is 0 Å². The molecular weight excluding hydrogens is 338 g/mol. The molecule has 2 N–H and O–H groups in total. The van der Waals surface area contributed by atoms with Crippen molar-refractivity contribution in [3.05, 3.63) is 0 Å². The van der Waals surface area contributed by atoms with E-state index in [9.17, 15) is 0 Å². The fourth-order valence-corrected chi connectivity index (χ4v) is 4.67. The van der Waals surface area contributed by atoms with Crippen molar-refractivity contribution in [1.29, 1.82) is 0 Å². The number of anilines is 3. The first-order valence-electron chi connectivity index (χ1n) is 11.0. The van der Waals surface area contributed by atoms with Crippen molar-refractivity contribution in [2.45, 2.75) is 57.8 Å². The van der Waals surface area contributed by atoms with E-state index < -0.39 is 0 Å². The van der Waals surface area contributed by atoms with Crippen LogP contribution in [0.1, 0.15) is 57.8 Å². The molecule has 3 aliphatic heterocycles. The predicted octanol–water partition coefficient (Wildman–Crippen LogP) is 2.42. The molecule has 1 unspecified atom stereocenters. The summed E-state index contributed by atoms with van der Waals surface area (Å²) in [5.41, 5.74) is 5.81. The Hall–Kier alpha value is -1.63. The highest BCUT2D eigenvalue weighted by Gasteiger charge is 2.25. The monoisotopic (exact) mass is 373 g/mol. The fraction of sp³-hybridized carbons (Fsp3) is 0.850.